The summed E-state index contributed by atoms with van der Waals surface area (Å²) in [6, 6.07) is 27.2. The Morgan fingerprint density at radius 3 is 2.28 bits per heavy atom. The third kappa shape index (κ3) is 5.13. The summed E-state index contributed by atoms with van der Waals surface area (Å²) < 4.78 is 5.74. The number of thioether (sulfide) groups is 1. The molecule has 7 nitrogen and oxygen atoms in total. The van der Waals surface area contributed by atoms with Crippen molar-refractivity contribution in [2.75, 3.05) is 0 Å². The van der Waals surface area contributed by atoms with Crippen LogP contribution < -0.4 is 4.74 Å². The molecule has 4 aromatic rings. The van der Waals surface area contributed by atoms with E-state index in [9.17, 15) is 19.7 Å². The fraction of sp³-hybridized carbons (Fsp3) is 0.0714. The van der Waals surface area contributed by atoms with Crippen molar-refractivity contribution in [2.24, 2.45) is 0 Å². The van der Waals surface area contributed by atoms with E-state index in [1.807, 2.05) is 54.6 Å². The van der Waals surface area contributed by atoms with E-state index in [1.54, 1.807) is 30.3 Å². The highest BCUT2D eigenvalue weighted by Crippen LogP contribution is 2.34. The van der Waals surface area contributed by atoms with Gasteiger partial charge in [0.15, 0.2) is 0 Å². The summed E-state index contributed by atoms with van der Waals surface area (Å²) in [7, 11) is 0. The van der Waals surface area contributed by atoms with Crippen LogP contribution in [0.2, 0.25) is 0 Å². The number of ether oxygens (including phenoxy) is 1. The molecule has 1 saturated heterocycles. The van der Waals surface area contributed by atoms with Crippen LogP contribution in [-0.2, 0) is 17.9 Å². The highest BCUT2D eigenvalue weighted by Gasteiger charge is 2.35. The minimum atomic E-state index is -0.443. The molecule has 36 heavy (non-hydrogen) atoms. The number of benzene rings is 4. The molecule has 2 amide bonds. The van der Waals surface area contributed by atoms with E-state index in [4.69, 9.17) is 4.74 Å². The number of hydrogen-bond donors (Lipinski definition) is 0. The second kappa shape index (κ2) is 10.1. The number of fused-ring (bicyclic) bond motifs is 1. The molecule has 1 aliphatic rings. The van der Waals surface area contributed by atoms with Crippen LogP contribution in [0.1, 0.15) is 16.7 Å². The first-order valence-corrected chi connectivity index (χ1v) is 12.0. The minimum absolute atomic E-state index is 0.0322. The van der Waals surface area contributed by atoms with Crippen LogP contribution in [0.3, 0.4) is 0 Å². The molecular formula is C28H20N2O5S. The maximum Gasteiger partial charge on any atom is 0.293 e. The maximum absolute atomic E-state index is 12.9. The van der Waals surface area contributed by atoms with E-state index in [-0.39, 0.29) is 30.0 Å². The molecule has 0 bridgehead atoms. The van der Waals surface area contributed by atoms with E-state index in [0.29, 0.717) is 10.7 Å². The SMILES string of the molecule is O=C1S/C(=C\c2ccc(OCc3ccc([N+](=O)[O-])cc3)cc2)C(=O)N1Cc1ccc2ccccc2c1. The second-order valence-corrected chi connectivity index (χ2v) is 9.22. The average molecular weight is 497 g/mol. The van der Waals surface area contributed by atoms with Gasteiger partial charge in [-0.1, -0.05) is 48.5 Å². The first kappa shape index (κ1) is 23.3. The number of amides is 2. The molecule has 4 aromatic carbocycles. The lowest BCUT2D eigenvalue weighted by Crippen LogP contribution is -2.27. The Balaban J connectivity index is 1.22. The summed E-state index contributed by atoms with van der Waals surface area (Å²) >= 11 is 0.934. The smallest absolute Gasteiger partial charge is 0.293 e. The number of carbonyl (C=O) groups excluding carboxylic acids is 2. The zero-order valence-corrected chi connectivity index (χ0v) is 19.8. The zero-order chi connectivity index (χ0) is 25.1. The summed E-state index contributed by atoms with van der Waals surface area (Å²) in [5, 5.41) is 12.6. The monoisotopic (exact) mass is 496 g/mol. The normalized spacial score (nSPS) is 14.6. The van der Waals surface area contributed by atoms with Gasteiger partial charge in [0.25, 0.3) is 16.8 Å². The molecular weight excluding hydrogens is 476 g/mol. The highest BCUT2D eigenvalue weighted by atomic mass is 32.2. The Bertz CT molecular complexity index is 1500. The van der Waals surface area contributed by atoms with Gasteiger partial charge in [0, 0.05) is 12.1 Å². The number of carbonyl (C=O) groups is 2. The fourth-order valence-electron chi connectivity index (χ4n) is 3.85. The maximum atomic E-state index is 12.9. The number of rotatable bonds is 7. The van der Waals surface area contributed by atoms with Crippen molar-refractivity contribution in [1.29, 1.82) is 0 Å². The molecule has 0 spiro atoms. The van der Waals surface area contributed by atoms with Crippen molar-refractivity contribution in [3.63, 3.8) is 0 Å². The lowest BCUT2D eigenvalue weighted by molar-refractivity contribution is -0.384. The van der Waals surface area contributed by atoms with Crippen LogP contribution in [0, 0.1) is 10.1 Å². The quantitative estimate of drug-likeness (QED) is 0.163. The molecule has 1 aliphatic heterocycles. The predicted molar refractivity (Wildman–Crippen MR) is 139 cm³/mol. The Labute approximate surface area is 211 Å². The first-order valence-electron chi connectivity index (χ1n) is 11.2. The second-order valence-electron chi connectivity index (χ2n) is 8.23. The molecule has 0 unspecified atom stereocenters. The number of nitrogens with zero attached hydrogens (tertiary/aromatic N) is 2. The summed E-state index contributed by atoms with van der Waals surface area (Å²) in [5.74, 6) is 0.312. The van der Waals surface area contributed by atoms with Gasteiger partial charge in [-0.05, 0) is 75.6 Å². The van der Waals surface area contributed by atoms with Crippen molar-refractivity contribution >= 4 is 45.4 Å². The van der Waals surface area contributed by atoms with Crippen LogP contribution in [0.4, 0.5) is 10.5 Å². The molecule has 0 radical (unpaired) electrons. The van der Waals surface area contributed by atoms with Crippen molar-refractivity contribution in [1.82, 2.24) is 4.90 Å². The summed E-state index contributed by atoms with van der Waals surface area (Å²) in [4.78, 5) is 37.4. The largest absolute Gasteiger partial charge is 0.489 e. The molecule has 0 saturated carbocycles. The Kier molecular flexibility index (Phi) is 6.51. The van der Waals surface area contributed by atoms with Crippen LogP contribution in [0.25, 0.3) is 16.8 Å². The van der Waals surface area contributed by atoms with E-state index in [0.717, 1.165) is 39.2 Å². The van der Waals surface area contributed by atoms with Gasteiger partial charge in [0.1, 0.15) is 12.4 Å². The lowest BCUT2D eigenvalue weighted by atomic mass is 10.1. The third-order valence-electron chi connectivity index (χ3n) is 5.76. The molecule has 0 aliphatic carbocycles. The number of non-ortho nitro benzene ring substituents is 1. The molecule has 178 valence electrons. The van der Waals surface area contributed by atoms with Crippen LogP contribution in [-0.4, -0.2) is 21.0 Å². The van der Waals surface area contributed by atoms with Crippen molar-refractivity contribution in [2.45, 2.75) is 13.2 Å². The Morgan fingerprint density at radius 1 is 0.861 bits per heavy atom. The van der Waals surface area contributed by atoms with Gasteiger partial charge in [-0.15, -0.1) is 0 Å². The molecule has 0 atom stereocenters. The minimum Gasteiger partial charge on any atom is -0.489 e. The number of nitro groups is 1. The van der Waals surface area contributed by atoms with Crippen molar-refractivity contribution in [3.05, 3.63) is 123 Å². The number of hydrogen-bond acceptors (Lipinski definition) is 6. The van der Waals surface area contributed by atoms with Gasteiger partial charge in [0.05, 0.1) is 16.4 Å². The Hall–Kier alpha value is -4.43. The van der Waals surface area contributed by atoms with E-state index in [1.165, 1.54) is 17.0 Å². The highest BCUT2D eigenvalue weighted by molar-refractivity contribution is 8.18. The van der Waals surface area contributed by atoms with Gasteiger partial charge < -0.3 is 4.74 Å². The summed E-state index contributed by atoms with van der Waals surface area (Å²) in [5.41, 5.74) is 2.51. The molecule has 0 aromatic heterocycles. The summed E-state index contributed by atoms with van der Waals surface area (Å²) in [6.07, 6.45) is 1.70. The van der Waals surface area contributed by atoms with Gasteiger partial charge in [-0.3, -0.25) is 24.6 Å². The van der Waals surface area contributed by atoms with E-state index >= 15 is 0 Å². The molecule has 8 heteroatoms. The average Bonchev–Trinajstić information content (AvgIpc) is 3.15. The van der Waals surface area contributed by atoms with Crippen molar-refractivity contribution in [3.8, 4) is 5.75 Å². The van der Waals surface area contributed by atoms with Gasteiger partial charge in [-0.25, -0.2) is 0 Å². The van der Waals surface area contributed by atoms with Gasteiger partial charge in [-0.2, -0.15) is 0 Å². The van der Waals surface area contributed by atoms with Crippen LogP contribution in [0.5, 0.6) is 5.75 Å². The molecule has 1 heterocycles. The third-order valence-corrected chi connectivity index (χ3v) is 6.67. The molecule has 5 rings (SSSR count). The fourth-order valence-corrected chi connectivity index (χ4v) is 4.69. The predicted octanol–water partition coefficient (Wildman–Crippen LogP) is 6.56. The Morgan fingerprint density at radius 2 is 1.56 bits per heavy atom. The molecule has 0 N–H and O–H groups in total. The standard InChI is InChI=1S/C28H20N2O5S/c31-27-26(36-28(32)29(27)17-21-5-10-22-3-1-2-4-23(22)15-21)16-19-8-13-25(14-9-19)35-18-20-6-11-24(12-7-20)30(33)34/h1-16H,17-18H2/b26-16-. The number of nitro benzene ring substituents is 1. The van der Waals surface area contributed by atoms with Crippen molar-refractivity contribution < 1.29 is 19.2 Å². The van der Waals surface area contributed by atoms with Crippen LogP contribution in [0.15, 0.2) is 95.9 Å². The zero-order valence-electron chi connectivity index (χ0n) is 19.0. The first-order chi connectivity index (χ1) is 17.5. The van der Waals surface area contributed by atoms with E-state index in [2.05, 4.69) is 0 Å². The lowest BCUT2D eigenvalue weighted by Gasteiger charge is -2.13. The molecule has 1 fully saturated rings. The number of imide groups is 1. The summed E-state index contributed by atoms with van der Waals surface area (Å²) in [6.45, 7) is 0.493. The van der Waals surface area contributed by atoms with Gasteiger partial charge >= 0.3 is 0 Å². The van der Waals surface area contributed by atoms with E-state index < -0.39 is 4.92 Å². The van der Waals surface area contributed by atoms with Crippen LogP contribution >= 0.6 is 11.8 Å². The van der Waals surface area contributed by atoms with Gasteiger partial charge in [0.2, 0.25) is 0 Å². The topological polar surface area (TPSA) is 89.7 Å².